The lowest BCUT2D eigenvalue weighted by Crippen LogP contribution is -2.44. The molecule has 2 nitrogen and oxygen atoms in total. The highest BCUT2D eigenvalue weighted by molar-refractivity contribution is 9.10. The smallest absolute Gasteiger partial charge is 0.255 e. The predicted octanol–water partition coefficient (Wildman–Crippen LogP) is 4.54. The molecule has 0 aliphatic carbocycles. The third-order valence-electron chi connectivity index (χ3n) is 3.75. The molecule has 104 valence electrons. The first-order chi connectivity index (χ1) is 9.15. The van der Waals surface area contributed by atoms with Crippen LogP contribution in [-0.4, -0.2) is 28.7 Å². The highest BCUT2D eigenvalue weighted by atomic mass is 79.9. The Morgan fingerprint density at radius 3 is 2.95 bits per heavy atom. The number of piperidine rings is 1. The highest BCUT2D eigenvalue weighted by Crippen LogP contribution is 2.27. The first kappa shape index (κ1) is 15.0. The van der Waals surface area contributed by atoms with Crippen LogP contribution in [0.15, 0.2) is 22.7 Å². The van der Waals surface area contributed by atoms with Crippen molar-refractivity contribution in [3.05, 3.63) is 33.8 Å². The lowest BCUT2D eigenvalue weighted by atomic mass is 9.98. The number of nitrogens with zero attached hydrogens (tertiary/aromatic N) is 1. The fourth-order valence-corrected chi connectivity index (χ4v) is 3.62. The van der Waals surface area contributed by atoms with E-state index in [1.807, 2.05) is 25.1 Å². The van der Waals surface area contributed by atoms with E-state index < -0.39 is 0 Å². The summed E-state index contributed by atoms with van der Waals surface area (Å²) in [5.74, 6) is 0.168. The van der Waals surface area contributed by atoms with E-state index in [-0.39, 0.29) is 5.91 Å². The van der Waals surface area contributed by atoms with Gasteiger partial charge in [-0.15, -0.1) is 0 Å². The van der Waals surface area contributed by atoms with Crippen LogP contribution in [-0.2, 0) is 0 Å². The second kappa shape index (κ2) is 6.89. The van der Waals surface area contributed by atoms with Gasteiger partial charge in [-0.3, -0.25) is 4.79 Å². The van der Waals surface area contributed by atoms with Crippen molar-refractivity contribution in [1.82, 2.24) is 4.90 Å². The van der Waals surface area contributed by atoms with E-state index in [9.17, 15) is 4.79 Å². The van der Waals surface area contributed by atoms with Crippen molar-refractivity contribution in [1.29, 1.82) is 0 Å². The predicted molar refractivity (Wildman–Crippen MR) is 86.0 cm³/mol. The second-order valence-corrected chi connectivity index (χ2v) is 6.65. The normalized spacial score (nSPS) is 19.5. The molecule has 0 N–H and O–H groups in total. The Morgan fingerprint density at radius 1 is 1.42 bits per heavy atom. The van der Waals surface area contributed by atoms with Gasteiger partial charge in [-0.05, 0) is 60.2 Å². The number of halogens is 2. The molecule has 0 aromatic heterocycles. The van der Waals surface area contributed by atoms with Crippen molar-refractivity contribution in [3.63, 3.8) is 0 Å². The van der Waals surface area contributed by atoms with Crippen LogP contribution in [0, 0.1) is 6.92 Å². The molecule has 4 heteroatoms. The minimum absolute atomic E-state index is 0.168. The molecule has 1 saturated heterocycles. The maximum absolute atomic E-state index is 12.7. The number of carbonyl (C=O) groups is 1. The molecule has 1 aromatic rings. The zero-order chi connectivity index (χ0) is 13.8. The van der Waals surface area contributed by atoms with Gasteiger partial charge in [0, 0.05) is 22.4 Å². The third-order valence-corrected chi connectivity index (χ3v) is 5.26. The maximum Gasteiger partial charge on any atom is 0.255 e. The van der Waals surface area contributed by atoms with Crippen molar-refractivity contribution in [2.45, 2.75) is 38.6 Å². The van der Waals surface area contributed by atoms with Crippen molar-refractivity contribution in [2.75, 3.05) is 11.9 Å². The second-order valence-electron chi connectivity index (χ2n) is 5.06. The third kappa shape index (κ3) is 3.40. The van der Waals surface area contributed by atoms with Gasteiger partial charge >= 0.3 is 0 Å². The summed E-state index contributed by atoms with van der Waals surface area (Å²) in [6, 6.07) is 6.27. The van der Waals surface area contributed by atoms with Gasteiger partial charge in [0.1, 0.15) is 0 Å². The van der Waals surface area contributed by atoms with Crippen molar-refractivity contribution in [3.8, 4) is 0 Å². The number of hydrogen-bond acceptors (Lipinski definition) is 1. The zero-order valence-corrected chi connectivity index (χ0v) is 14.3. The van der Waals surface area contributed by atoms with Crippen LogP contribution < -0.4 is 0 Å². The Labute approximate surface area is 131 Å². The molecule has 1 aliphatic rings. The molecule has 1 heterocycles. The number of benzene rings is 1. The summed E-state index contributed by atoms with van der Waals surface area (Å²) in [5.41, 5.74) is 1.90. The molecule has 0 bridgehead atoms. The number of amides is 1. The van der Waals surface area contributed by atoms with E-state index in [0.29, 0.717) is 6.04 Å². The number of aryl methyl sites for hydroxylation is 1. The lowest BCUT2D eigenvalue weighted by molar-refractivity contribution is 0.0609. The molecular weight excluding hydrogens is 370 g/mol. The van der Waals surface area contributed by atoms with Crippen molar-refractivity contribution >= 4 is 37.8 Å². The van der Waals surface area contributed by atoms with E-state index in [1.54, 1.807) is 0 Å². The summed E-state index contributed by atoms with van der Waals surface area (Å²) in [4.78, 5) is 14.8. The van der Waals surface area contributed by atoms with E-state index in [0.717, 1.165) is 46.7 Å². The van der Waals surface area contributed by atoms with Crippen LogP contribution in [0.1, 0.15) is 41.6 Å². The number of likely N-dealkylation sites (tertiary alicyclic amines) is 1. The quantitative estimate of drug-likeness (QED) is 0.696. The van der Waals surface area contributed by atoms with Crippen LogP contribution in [0.25, 0.3) is 0 Å². The molecule has 1 atom stereocenters. The summed E-state index contributed by atoms with van der Waals surface area (Å²) in [7, 11) is 0. The van der Waals surface area contributed by atoms with E-state index in [2.05, 4.69) is 36.8 Å². The van der Waals surface area contributed by atoms with Crippen LogP contribution in [0.3, 0.4) is 0 Å². The number of rotatable bonds is 3. The highest BCUT2D eigenvalue weighted by Gasteiger charge is 2.28. The van der Waals surface area contributed by atoms with Gasteiger partial charge in [0.15, 0.2) is 0 Å². The molecule has 0 spiro atoms. The Morgan fingerprint density at radius 2 is 2.21 bits per heavy atom. The summed E-state index contributed by atoms with van der Waals surface area (Å²) in [6.07, 6.45) is 4.51. The first-order valence-corrected chi connectivity index (χ1v) is 8.68. The van der Waals surface area contributed by atoms with Gasteiger partial charge in [-0.2, -0.15) is 0 Å². The number of hydrogen-bond donors (Lipinski definition) is 0. The number of carbonyl (C=O) groups excluding carboxylic acids is 1. The first-order valence-electron chi connectivity index (χ1n) is 6.77. The largest absolute Gasteiger partial charge is 0.336 e. The van der Waals surface area contributed by atoms with Crippen LogP contribution in [0.2, 0.25) is 0 Å². The van der Waals surface area contributed by atoms with Crippen LogP contribution in [0.4, 0.5) is 0 Å². The SMILES string of the molecule is Cc1cccc(C(=O)N2CCCCC2CCBr)c1Br. The Hall–Kier alpha value is -0.350. The Balaban J connectivity index is 2.23. The molecule has 1 aliphatic heterocycles. The Kier molecular flexibility index (Phi) is 5.46. The molecule has 19 heavy (non-hydrogen) atoms. The minimum atomic E-state index is 0.168. The Bertz CT molecular complexity index is 459. The van der Waals surface area contributed by atoms with E-state index in [4.69, 9.17) is 0 Å². The van der Waals surface area contributed by atoms with Gasteiger partial charge in [0.25, 0.3) is 5.91 Å². The average Bonchev–Trinajstić information content (AvgIpc) is 2.42. The average molecular weight is 389 g/mol. The molecular formula is C15H19Br2NO. The van der Waals surface area contributed by atoms with Gasteiger partial charge < -0.3 is 4.90 Å². The van der Waals surface area contributed by atoms with Crippen LogP contribution in [0.5, 0.6) is 0 Å². The van der Waals surface area contributed by atoms with E-state index >= 15 is 0 Å². The molecule has 0 saturated carbocycles. The maximum atomic E-state index is 12.7. The fraction of sp³-hybridized carbons (Fsp3) is 0.533. The fourth-order valence-electron chi connectivity index (χ4n) is 2.66. The summed E-state index contributed by atoms with van der Waals surface area (Å²) in [6.45, 7) is 2.91. The molecule has 2 rings (SSSR count). The van der Waals surface area contributed by atoms with Gasteiger partial charge in [0.2, 0.25) is 0 Å². The van der Waals surface area contributed by atoms with Crippen molar-refractivity contribution in [2.24, 2.45) is 0 Å². The van der Waals surface area contributed by atoms with Crippen LogP contribution >= 0.6 is 31.9 Å². The molecule has 0 radical (unpaired) electrons. The van der Waals surface area contributed by atoms with Gasteiger partial charge in [-0.25, -0.2) is 0 Å². The summed E-state index contributed by atoms with van der Waals surface area (Å²) >= 11 is 7.05. The monoisotopic (exact) mass is 387 g/mol. The molecule has 1 amide bonds. The molecule has 1 fully saturated rings. The minimum Gasteiger partial charge on any atom is -0.336 e. The van der Waals surface area contributed by atoms with Gasteiger partial charge in [0.05, 0.1) is 5.56 Å². The lowest BCUT2D eigenvalue weighted by Gasteiger charge is -2.36. The zero-order valence-electron chi connectivity index (χ0n) is 11.2. The standard InChI is InChI=1S/C15H19Br2NO/c1-11-5-4-7-13(14(11)17)15(19)18-10-3-2-6-12(18)8-9-16/h4-5,7,12H,2-3,6,8-10H2,1H3. The molecule has 1 unspecified atom stereocenters. The summed E-state index contributed by atoms with van der Waals surface area (Å²) < 4.78 is 0.933. The van der Waals surface area contributed by atoms with Gasteiger partial charge in [-0.1, -0.05) is 28.1 Å². The van der Waals surface area contributed by atoms with E-state index in [1.165, 1.54) is 6.42 Å². The number of alkyl halides is 1. The van der Waals surface area contributed by atoms with Crippen molar-refractivity contribution < 1.29 is 4.79 Å². The summed E-state index contributed by atoms with van der Waals surface area (Å²) in [5, 5.41) is 0.955. The molecule has 1 aromatic carbocycles. The topological polar surface area (TPSA) is 20.3 Å².